The molecule has 1 aromatic heterocycles. The van der Waals surface area contributed by atoms with Gasteiger partial charge in [-0.05, 0) is 18.2 Å². The second-order valence-corrected chi connectivity index (χ2v) is 4.79. The van der Waals surface area contributed by atoms with Crippen LogP contribution in [0.2, 0.25) is 5.02 Å². The van der Waals surface area contributed by atoms with Gasteiger partial charge in [-0.2, -0.15) is 0 Å². The minimum atomic E-state index is 0.675. The van der Waals surface area contributed by atoms with E-state index in [9.17, 15) is 0 Å². The Morgan fingerprint density at radius 1 is 1.50 bits per heavy atom. The molecular formula is C10H11ClN4S. The summed E-state index contributed by atoms with van der Waals surface area (Å²) in [6, 6.07) is 5.50. The number of anilines is 1. The molecule has 2 aromatic rings. The number of hydrogen-bond donors (Lipinski definition) is 1. The largest absolute Gasteiger partial charge is 0.399 e. The number of nitrogen functional groups attached to an aromatic ring is 1. The van der Waals surface area contributed by atoms with Crippen LogP contribution in [0.15, 0.2) is 29.3 Å². The van der Waals surface area contributed by atoms with Gasteiger partial charge in [0.15, 0.2) is 0 Å². The van der Waals surface area contributed by atoms with Gasteiger partial charge >= 0.3 is 0 Å². The van der Waals surface area contributed by atoms with Crippen molar-refractivity contribution in [3.63, 3.8) is 0 Å². The molecule has 84 valence electrons. The minimum Gasteiger partial charge on any atom is -0.399 e. The number of nitrogens with zero attached hydrogens (tertiary/aromatic N) is 3. The van der Waals surface area contributed by atoms with E-state index in [1.54, 1.807) is 22.5 Å². The third-order valence-corrected chi connectivity index (χ3v) is 3.51. The minimum absolute atomic E-state index is 0.675. The van der Waals surface area contributed by atoms with Crippen molar-refractivity contribution in [3.8, 4) is 0 Å². The van der Waals surface area contributed by atoms with Gasteiger partial charge in [-0.25, -0.2) is 0 Å². The zero-order valence-electron chi connectivity index (χ0n) is 8.72. The zero-order chi connectivity index (χ0) is 11.5. The summed E-state index contributed by atoms with van der Waals surface area (Å²) in [5.74, 6) is 0.747. The first-order valence-corrected chi connectivity index (χ1v) is 6.04. The van der Waals surface area contributed by atoms with Gasteiger partial charge in [-0.1, -0.05) is 16.8 Å². The highest BCUT2D eigenvalue weighted by molar-refractivity contribution is 7.98. The summed E-state index contributed by atoms with van der Waals surface area (Å²) in [6.45, 7) is 0. The Hall–Kier alpha value is -1.20. The van der Waals surface area contributed by atoms with Crippen molar-refractivity contribution in [1.29, 1.82) is 0 Å². The van der Waals surface area contributed by atoms with Crippen molar-refractivity contribution in [2.45, 2.75) is 10.6 Å². The summed E-state index contributed by atoms with van der Waals surface area (Å²) in [7, 11) is 1.84. The molecule has 0 fully saturated rings. The lowest BCUT2D eigenvalue weighted by Crippen LogP contribution is -1.86. The first-order chi connectivity index (χ1) is 7.65. The third-order valence-electron chi connectivity index (χ3n) is 1.98. The summed E-state index contributed by atoms with van der Waals surface area (Å²) in [5.41, 5.74) is 7.22. The van der Waals surface area contributed by atoms with Crippen LogP contribution in [-0.4, -0.2) is 15.0 Å². The smallest absolute Gasteiger partial charge is 0.0929 e. The van der Waals surface area contributed by atoms with Gasteiger partial charge in [0.05, 0.1) is 10.7 Å². The van der Waals surface area contributed by atoms with Crippen LogP contribution in [0.4, 0.5) is 5.69 Å². The Morgan fingerprint density at radius 3 is 2.94 bits per heavy atom. The highest BCUT2D eigenvalue weighted by Gasteiger charge is 2.04. The third kappa shape index (κ3) is 2.68. The topological polar surface area (TPSA) is 56.7 Å². The molecule has 1 heterocycles. The molecule has 0 saturated carbocycles. The van der Waals surface area contributed by atoms with E-state index in [0.717, 1.165) is 16.3 Å². The average Bonchev–Trinajstić information content (AvgIpc) is 2.63. The molecular weight excluding hydrogens is 244 g/mol. The van der Waals surface area contributed by atoms with Gasteiger partial charge in [-0.3, -0.25) is 4.68 Å². The fourth-order valence-corrected chi connectivity index (χ4v) is 2.40. The van der Waals surface area contributed by atoms with Gasteiger partial charge in [0.2, 0.25) is 0 Å². The molecule has 0 amide bonds. The Balaban J connectivity index is 2.04. The van der Waals surface area contributed by atoms with Crippen molar-refractivity contribution < 1.29 is 0 Å². The molecule has 0 aliphatic heterocycles. The fourth-order valence-electron chi connectivity index (χ4n) is 1.25. The van der Waals surface area contributed by atoms with E-state index in [1.807, 2.05) is 25.4 Å². The maximum absolute atomic E-state index is 6.06. The molecule has 0 aliphatic carbocycles. The Morgan fingerprint density at radius 2 is 2.31 bits per heavy atom. The van der Waals surface area contributed by atoms with Gasteiger partial charge in [0.1, 0.15) is 0 Å². The molecule has 0 aliphatic rings. The van der Waals surface area contributed by atoms with Gasteiger partial charge < -0.3 is 5.73 Å². The lowest BCUT2D eigenvalue weighted by Gasteiger charge is -2.03. The van der Waals surface area contributed by atoms with E-state index in [-0.39, 0.29) is 0 Å². The summed E-state index contributed by atoms with van der Waals surface area (Å²) >= 11 is 7.68. The first kappa shape index (κ1) is 11.3. The van der Waals surface area contributed by atoms with E-state index in [4.69, 9.17) is 17.3 Å². The van der Waals surface area contributed by atoms with Gasteiger partial charge in [-0.15, -0.1) is 16.9 Å². The van der Waals surface area contributed by atoms with Crippen molar-refractivity contribution in [3.05, 3.63) is 35.1 Å². The van der Waals surface area contributed by atoms with E-state index in [1.165, 1.54) is 0 Å². The predicted molar refractivity (Wildman–Crippen MR) is 66.4 cm³/mol. The number of rotatable bonds is 3. The molecule has 0 radical (unpaired) electrons. The van der Waals surface area contributed by atoms with Crippen molar-refractivity contribution >= 4 is 29.1 Å². The maximum Gasteiger partial charge on any atom is 0.0929 e. The fraction of sp³-hybridized carbons (Fsp3) is 0.200. The highest BCUT2D eigenvalue weighted by atomic mass is 35.5. The number of thioether (sulfide) groups is 1. The number of hydrogen-bond acceptors (Lipinski definition) is 4. The van der Waals surface area contributed by atoms with Crippen LogP contribution in [0.1, 0.15) is 5.69 Å². The summed E-state index contributed by atoms with van der Waals surface area (Å²) in [6.07, 6.45) is 1.89. The van der Waals surface area contributed by atoms with Crippen LogP contribution < -0.4 is 5.73 Å². The number of benzene rings is 1. The molecule has 4 nitrogen and oxygen atoms in total. The second-order valence-electron chi connectivity index (χ2n) is 3.36. The Bertz CT molecular complexity index is 497. The average molecular weight is 255 g/mol. The predicted octanol–water partition coefficient (Wildman–Crippen LogP) is 2.34. The summed E-state index contributed by atoms with van der Waals surface area (Å²) in [5, 5.41) is 8.54. The standard InChI is InChI=1S/C10H11ClN4S/c1-15-5-8(13-14-15)6-16-10-3-2-7(12)4-9(10)11/h2-5H,6,12H2,1H3. The van der Waals surface area contributed by atoms with Crippen LogP contribution in [0.25, 0.3) is 0 Å². The molecule has 0 bridgehead atoms. The molecule has 0 spiro atoms. The highest BCUT2D eigenvalue weighted by Crippen LogP contribution is 2.30. The van der Waals surface area contributed by atoms with Crippen molar-refractivity contribution in [2.24, 2.45) is 7.05 Å². The Labute approximate surface area is 103 Å². The quantitative estimate of drug-likeness (QED) is 0.675. The molecule has 2 N–H and O–H groups in total. The summed E-state index contributed by atoms with van der Waals surface area (Å²) < 4.78 is 1.68. The molecule has 1 aromatic carbocycles. The molecule has 2 rings (SSSR count). The lowest BCUT2D eigenvalue weighted by molar-refractivity contribution is 0.714. The van der Waals surface area contributed by atoms with E-state index < -0.39 is 0 Å². The number of halogens is 1. The number of nitrogens with two attached hydrogens (primary N) is 1. The van der Waals surface area contributed by atoms with Crippen LogP contribution in [-0.2, 0) is 12.8 Å². The van der Waals surface area contributed by atoms with Gasteiger partial charge in [0, 0.05) is 29.6 Å². The van der Waals surface area contributed by atoms with Crippen LogP contribution >= 0.6 is 23.4 Å². The van der Waals surface area contributed by atoms with Crippen molar-refractivity contribution in [2.75, 3.05) is 5.73 Å². The van der Waals surface area contributed by atoms with Crippen LogP contribution in [0, 0.1) is 0 Å². The molecule has 16 heavy (non-hydrogen) atoms. The summed E-state index contributed by atoms with van der Waals surface area (Å²) in [4.78, 5) is 1.00. The SMILES string of the molecule is Cn1cc(CSc2ccc(N)cc2Cl)nn1. The number of aromatic nitrogens is 3. The van der Waals surface area contributed by atoms with E-state index in [0.29, 0.717) is 10.7 Å². The van der Waals surface area contributed by atoms with Crippen molar-refractivity contribution in [1.82, 2.24) is 15.0 Å². The first-order valence-electron chi connectivity index (χ1n) is 4.68. The zero-order valence-corrected chi connectivity index (χ0v) is 10.3. The van der Waals surface area contributed by atoms with Crippen LogP contribution in [0.5, 0.6) is 0 Å². The van der Waals surface area contributed by atoms with E-state index in [2.05, 4.69) is 10.3 Å². The normalized spacial score (nSPS) is 10.6. The monoisotopic (exact) mass is 254 g/mol. The van der Waals surface area contributed by atoms with Gasteiger partial charge in [0.25, 0.3) is 0 Å². The molecule has 0 unspecified atom stereocenters. The molecule has 6 heteroatoms. The molecule has 0 saturated heterocycles. The maximum atomic E-state index is 6.06. The molecule has 0 atom stereocenters. The van der Waals surface area contributed by atoms with Crippen LogP contribution in [0.3, 0.4) is 0 Å². The Kier molecular flexibility index (Phi) is 3.36. The second kappa shape index (κ2) is 4.76. The van der Waals surface area contributed by atoms with E-state index >= 15 is 0 Å². The lowest BCUT2D eigenvalue weighted by atomic mass is 10.3. The number of aryl methyl sites for hydroxylation is 1.